The SMILES string of the molecule is CCc1oc2ccccc2c1CN(C)C(=O)Nc1ccc(NC(=O)c2ccco2)cc1. The van der Waals surface area contributed by atoms with E-state index in [1.54, 1.807) is 48.3 Å². The number of rotatable bonds is 6. The van der Waals surface area contributed by atoms with E-state index in [0.717, 1.165) is 28.7 Å². The lowest BCUT2D eigenvalue weighted by Gasteiger charge is -2.18. The number of hydrogen-bond donors (Lipinski definition) is 2. The van der Waals surface area contributed by atoms with Crippen molar-refractivity contribution < 1.29 is 18.4 Å². The van der Waals surface area contributed by atoms with Crippen molar-refractivity contribution in [1.82, 2.24) is 4.90 Å². The minimum Gasteiger partial charge on any atom is -0.461 e. The van der Waals surface area contributed by atoms with E-state index >= 15 is 0 Å². The Labute approximate surface area is 179 Å². The van der Waals surface area contributed by atoms with E-state index < -0.39 is 0 Å². The lowest BCUT2D eigenvalue weighted by atomic mass is 10.1. The Kier molecular flexibility index (Phi) is 5.75. The quantitative estimate of drug-likeness (QED) is 0.433. The Morgan fingerprint density at radius 2 is 1.65 bits per heavy atom. The first-order chi connectivity index (χ1) is 15.0. The maximum Gasteiger partial charge on any atom is 0.321 e. The summed E-state index contributed by atoms with van der Waals surface area (Å²) >= 11 is 0. The van der Waals surface area contributed by atoms with Crippen LogP contribution in [0.1, 0.15) is 28.8 Å². The molecule has 0 aliphatic carbocycles. The topological polar surface area (TPSA) is 87.7 Å². The molecule has 0 spiro atoms. The van der Waals surface area contributed by atoms with Gasteiger partial charge in [-0.3, -0.25) is 4.79 Å². The zero-order valence-electron chi connectivity index (χ0n) is 17.3. The van der Waals surface area contributed by atoms with Gasteiger partial charge in [-0.15, -0.1) is 0 Å². The second-order valence-corrected chi connectivity index (χ2v) is 7.15. The standard InChI is InChI=1S/C24H23N3O4/c1-3-20-19(18-7-4-5-8-21(18)31-20)15-27(2)24(29)26-17-12-10-16(11-13-17)25-23(28)22-9-6-14-30-22/h4-14H,3,15H2,1-2H3,(H,25,28)(H,26,29). The Morgan fingerprint density at radius 3 is 2.32 bits per heavy atom. The molecule has 0 radical (unpaired) electrons. The largest absolute Gasteiger partial charge is 0.461 e. The van der Waals surface area contributed by atoms with Gasteiger partial charge in [0.05, 0.1) is 12.8 Å². The molecule has 2 aromatic heterocycles. The average Bonchev–Trinajstić information content (AvgIpc) is 3.43. The van der Waals surface area contributed by atoms with Crippen molar-refractivity contribution in [2.75, 3.05) is 17.7 Å². The van der Waals surface area contributed by atoms with E-state index in [2.05, 4.69) is 10.6 Å². The molecule has 7 nitrogen and oxygen atoms in total. The van der Waals surface area contributed by atoms with E-state index in [9.17, 15) is 9.59 Å². The van der Waals surface area contributed by atoms with Crippen LogP contribution in [0, 0.1) is 0 Å². The fourth-order valence-corrected chi connectivity index (χ4v) is 3.37. The number of carbonyl (C=O) groups is 2. The highest BCUT2D eigenvalue weighted by molar-refractivity contribution is 6.02. The lowest BCUT2D eigenvalue weighted by Crippen LogP contribution is -2.31. The molecule has 0 fully saturated rings. The molecule has 0 saturated heterocycles. The third-order valence-corrected chi connectivity index (χ3v) is 4.98. The summed E-state index contributed by atoms with van der Waals surface area (Å²) < 4.78 is 11.0. The van der Waals surface area contributed by atoms with Gasteiger partial charge in [-0.25, -0.2) is 4.79 Å². The van der Waals surface area contributed by atoms with Crippen molar-refractivity contribution in [1.29, 1.82) is 0 Å². The zero-order chi connectivity index (χ0) is 21.8. The van der Waals surface area contributed by atoms with E-state index in [1.165, 1.54) is 6.26 Å². The molecule has 3 amide bonds. The van der Waals surface area contributed by atoms with Gasteiger partial charge >= 0.3 is 6.03 Å². The monoisotopic (exact) mass is 417 g/mol. The summed E-state index contributed by atoms with van der Waals surface area (Å²) in [4.78, 5) is 26.3. The zero-order valence-corrected chi connectivity index (χ0v) is 17.3. The second kappa shape index (κ2) is 8.79. The van der Waals surface area contributed by atoms with Crippen LogP contribution in [-0.2, 0) is 13.0 Å². The highest BCUT2D eigenvalue weighted by Gasteiger charge is 2.17. The maximum atomic E-state index is 12.7. The van der Waals surface area contributed by atoms with Crippen LogP contribution in [0.25, 0.3) is 11.0 Å². The molecule has 0 atom stereocenters. The average molecular weight is 417 g/mol. The number of nitrogens with one attached hydrogen (secondary N) is 2. The molecule has 2 aromatic carbocycles. The van der Waals surface area contributed by atoms with Gasteiger partial charge in [-0.2, -0.15) is 0 Å². The lowest BCUT2D eigenvalue weighted by molar-refractivity contribution is 0.0996. The molecule has 4 rings (SSSR count). The number of furan rings is 2. The number of amides is 3. The van der Waals surface area contributed by atoms with Crippen LogP contribution >= 0.6 is 0 Å². The first-order valence-corrected chi connectivity index (χ1v) is 10.0. The molecule has 31 heavy (non-hydrogen) atoms. The number of urea groups is 1. The Hall–Kier alpha value is -4.00. The molecule has 7 heteroatoms. The van der Waals surface area contributed by atoms with Crippen molar-refractivity contribution in [3.63, 3.8) is 0 Å². The third-order valence-electron chi connectivity index (χ3n) is 4.98. The maximum absolute atomic E-state index is 12.7. The van der Waals surface area contributed by atoms with Crippen LogP contribution in [0.4, 0.5) is 16.2 Å². The minimum atomic E-state index is -0.333. The first-order valence-electron chi connectivity index (χ1n) is 10.0. The predicted octanol–water partition coefficient (Wildman–Crippen LogP) is 5.50. The summed E-state index contributed by atoms with van der Waals surface area (Å²) in [6.07, 6.45) is 2.20. The Bertz CT molecular complexity index is 1190. The van der Waals surface area contributed by atoms with Crippen molar-refractivity contribution in [3.8, 4) is 0 Å². The van der Waals surface area contributed by atoms with Gasteiger partial charge < -0.3 is 24.4 Å². The molecular formula is C24H23N3O4. The van der Waals surface area contributed by atoms with E-state index in [0.29, 0.717) is 17.9 Å². The van der Waals surface area contributed by atoms with Gasteiger partial charge in [0, 0.05) is 35.8 Å². The van der Waals surface area contributed by atoms with Gasteiger partial charge in [0.25, 0.3) is 5.91 Å². The van der Waals surface area contributed by atoms with Crippen molar-refractivity contribution in [3.05, 3.63) is 84.0 Å². The smallest absolute Gasteiger partial charge is 0.321 e. The van der Waals surface area contributed by atoms with Crippen LogP contribution in [0.2, 0.25) is 0 Å². The van der Waals surface area contributed by atoms with Crippen LogP contribution in [-0.4, -0.2) is 23.9 Å². The molecule has 0 aliphatic rings. The number of fused-ring (bicyclic) bond motifs is 1. The number of benzene rings is 2. The Balaban J connectivity index is 1.40. The Morgan fingerprint density at radius 1 is 0.935 bits per heavy atom. The highest BCUT2D eigenvalue weighted by Crippen LogP contribution is 2.27. The van der Waals surface area contributed by atoms with Crippen molar-refractivity contribution in [2.24, 2.45) is 0 Å². The summed E-state index contributed by atoms with van der Waals surface area (Å²) in [6.45, 7) is 2.47. The van der Waals surface area contributed by atoms with Crippen LogP contribution in [0.3, 0.4) is 0 Å². The predicted molar refractivity (Wildman–Crippen MR) is 119 cm³/mol. The fourth-order valence-electron chi connectivity index (χ4n) is 3.37. The second-order valence-electron chi connectivity index (χ2n) is 7.15. The van der Waals surface area contributed by atoms with Gasteiger partial charge in [-0.05, 0) is 42.5 Å². The molecule has 0 bridgehead atoms. The van der Waals surface area contributed by atoms with Crippen LogP contribution in [0.15, 0.2) is 75.8 Å². The molecule has 0 unspecified atom stereocenters. The highest BCUT2D eigenvalue weighted by atomic mass is 16.3. The van der Waals surface area contributed by atoms with Crippen LogP contribution < -0.4 is 10.6 Å². The van der Waals surface area contributed by atoms with E-state index in [4.69, 9.17) is 8.83 Å². The summed E-state index contributed by atoms with van der Waals surface area (Å²) in [5.74, 6) is 0.787. The van der Waals surface area contributed by atoms with Gasteiger partial charge in [0.15, 0.2) is 5.76 Å². The summed E-state index contributed by atoms with van der Waals surface area (Å²) in [7, 11) is 1.74. The van der Waals surface area contributed by atoms with Gasteiger partial charge in [0.2, 0.25) is 0 Å². The number of para-hydroxylation sites is 1. The molecule has 0 saturated carbocycles. The fraction of sp³-hybridized carbons (Fsp3) is 0.167. The number of nitrogens with zero attached hydrogens (tertiary/aromatic N) is 1. The molecule has 4 aromatic rings. The number of hydrogen-bond acceptors (Lipinski definition) is 4. The molecule has 0 aliphatic heterocycles. The summed E-state index contributed by atoms with van der Waals surface area (Å²) in [6, 6.07) is 17.7. The van der Waals surface area contributed by atoms with Crippen molar-refractivity contribution >= 4 is 34.3 Å². The third kappa shape index (κ3) is 4.45. The number of aryl methyl sites for hydroxylation is 1. The number of anilines is 2. The van der Waals surface area contributed by atoms with E-state index in [-0.39, 0.29) is 17.7 Å². The molecular weight excluding hydrogens is 394 g/mol. The van der Waals surface area contributed by atoms with Gasteiger partial charge in [0.1, 0.15) is 11.3 Å². The summed E-state index contributed by atoms with van der Waals surface area (Å²) in [5.41, 5.74) is 3.08. The van der Waals surface area contributed by atoms with E-state index in [1.807, 2.05) is 31.2 Å². The molecule has 2 N–H and O–H groups in total. The van der Waals surface area contributed by atoms with Crippen molar-refractivity contribution in [2.45, 2.75) is 19.9 Å². The molecule has 158 valence electrons. The minimum absolute atomic E-state index is 0.234. The molecule has 2 heterocycles. The first kappa shape index (κ1) is 20.3. The normalized spacial score (nSPS) is 10.8. The van der Waals surface area contributed by atoms with Crippen LogP contribution in [0.5, 0.6) is 0 Å². The summed E-state index contributed by atoms with van der Waals surface area (Å²) in [5, 5.41) is 6.64. The van der Waals surface area contributed by atoms with Gasteiger partial charge in [-0.1, -0.05) is 25.1 Å². The number of carbonyl (C=O) groups excluding carboxylic acids is 2.